The zero-order valence-corrected chi connectivity index (χ0v) is 9.05. The molecule has 60 valence electrons. The molecule has 0 unspecified atom stereocenters. The van der Waals surface area contributed by atoms with E-state index in [1.807, 2.05) is 11.1 Å². The standard InChI is InChI=1S/C7H3Br2N3/c8-5-4-12-3-1-2-10-7(12)6(9)11-5/h4H,3H2. The van der Waals surface area contributed by atoms with Crippen molar-refractivity contribution >= 4 is 42.3 Å². The van der Waals surface area contributed by atoms with E-state index in [2.05, 4.69) is 53.8 Å². The van der Waals surface area contributed by atoms with Gasteiger partial charge in [-0.25, -0.2) is 4.99 Å². The summed E-state index contributed by atoms with van der Waals surface area (Å²) in [6.07, 6.45) is 1.86. The number of halogens is 2. The Morgan fingerprint density at radius 1 is 1.50 bits per heavy atom. The quantitative estimate of drug-likeness (QED) is 0.492. The lowest BCUT2D eigenvalue weighted by Crippen LogP contribution is -2.34. The van der Waals surface area contributed by atoms with Crippen LogP contribution >= 0.6 is 31.9 Å². The molecule has 0 saturated heterocycles. The highest BCUT2D eigenvalue weighted by atomic mass is 79.9. The van der Waals surface area contributed by atoms with Gasteiger partial charge in [0.1, 0.15) is 4.61 Å². The van der Waals surface area contributed by atoms with Gasteiger partial charge in [0, 0.05) is 12.2 Å². The maximum atomic E-state index is 4.14. The van der Waals surface area contributed by atoms with Gasteiger partial charge < -0.3 is 4.90 Å². The van der Waals surface area contributed by atoms with Gasteiger partial charge in [-0.3, -0.25) is 0 Å². The normalized spacial score (nSPS) is 19.8. The van der Waals surface area contributed by atoms with Crippen LogP contribution in [-0.4, -0.2) is 21.9 Å². The van der Waals surface area contributed by atoms with Crippen LogP contribution in [0.4, 0.5) is 0 Å². The maximum absolute atomic E-state index is 4.14. The summed E-state index contributed by atoms with van der Waals surface area (Å²) in [5, 5.41) is 0. The van der Waals surface area contributed by atoms with Crippen LogP contribution in [0.1, 0.15) is 0 Å². The van der Waals surface area contributed by atoms with Crippen molar-refractivity contribution in [2.24, 2.45) is 9.98 Å². The van der Waals surface area contributed by atoms with E-state index in [1.165, 1.54) is 0 Å². The van der Waals surface area contributed by atoms with Crippen LogP contribution in [0, 0.1) is 12.0 Å². The number of hydrogen-bond acceptors (Lipinski definition) is 3. The average molecular weight is 289 g/mol. The molecule has 0 N–H and O–H groups in total. The van der Waals surface area contributed by atoms with Crippen molar-refractivity contribution in [3.8, 4) is 12.0 Å². The molecule has 0 atom stereocenters. The molecule has 2 rings (SSSR count). The lowest BCUT2D eigenvalue weighted by molar-refractivity contribution is 0.630. The van der Waals surface area contributed by atoms with Gasteiger partial charge in [-0.1, -0.05) is 5.92 Å². The molecule has 5 heteroatoms. The van der Waals surface area contributed by atoms with E-state index in [0.717, 1.165) is 10.4 Å². The first-order valence-electron chi connectivity index (χ1n) is 3.21. The number of fused-ring (bicyclic) bond motifs is 1. The van der Waals surface area contributed by atoms with Gasteiger partial charge in [0.25, 0.3) is 0 Å². The first kappa shape index (κ1) is 8.02. The Hall–Kier alpha value is -0.600. The monoisotopic (exact) mass is 287 g/mol. The summed E-state index contributed by atoms with van der Waals surface area (Å²) >= 11 is 6.60. The first-order chi connectivity index (χ1) is 5.77. The lowest BCUT2D eigenvalue weighted by Gasteiger charge is -2.22. The molecule has 2 aliphatic heterocycles. The molecule has 0 aromatic carbocycles. The molecule has 0 aliphatic carbocycles. The SMILES string of the molecule is BrC1=CN2CC#CN=C2C(Br)=N1. The largest absolute Gasteiger partial charge is 0.316 e. The first-order valence-corrected chi connectivity index (χ1v) is 4.80. The van der Waals surface area contributed by atoms with Crippen LogP contribution in [0.3, 0.4) is 0 Å². The third kappa shape index (κ3) is 1.32. The van der Waals surface area contributed by atoms with Crippen LogP contribution < -0.4 is 0 Å². The van der Waals surface area contributed by atoms with Crippen LogP contribution in [0.15, 0.2) is 20.8 Å². The van der Waals surface area contributed by atoms with Crippen molar-refractivity contribution in [3.05, 3.63) is 10.8 Å². The summed E-state index contributed by atoms with van der Waals surface area (Å²) in [6.45, 7) is 0.665. The zero-order chi connectivity index (χ0) is 8.55. The lowest BCUT2D eigenvalue weighted by atomic mass is 10.4. The van der Waals surface area contributed by atoms with Gasteiger partial charge in [0.2, 0.25) is 0 Å². The molecule has 0 aromatic heterocycles. The van der Waals surface area contributed by atoms with Crippen molar-refractivity contribution < 1.29 is 0 Å². The fourth-order valence-electron chi connectivity index (χ4n) is 0.925. The number of rotatable bonds is 0. The fraction of sp³-hybridized carbons (Fsp3) is 0.143. The van der Waals surface area contributed by atoms with Crippen LogP contribution in [0.25, 0.3) is 0 Å². The second-order valence-electron chi connectivity index (χ2n) is 2.21. The highest BCUT2D eigenvalue weighted by Gasteiger charge is 2.19. The number of aliphatic imine (C=N–C) groups is 2. The number of hydrogen-bond donors (Lipinski definition) is 0. The molecule has 0 spiro atoms. The third-order valence-electron chi connectivity index (χ3n) is 1.41. The van der Waals surface area contributed by atoms with Crippen molar-refractivity contribution in [2.45, 2.75) is 0 Å². The van der Waals surface area contributed by atoms with Gasteiger partial charge in [0.05, 0.1) is 6.54 Å². The Kier molecular flexibility index (Phi) is 2.03. The number of amidine groups is 1. The van der Waals surface area contributed by atoms with E-state index in [-0.39, 0.29) is 0 Å². The second-order valence-corrected chi connectivity index (χ2v) is 3.77. The predicted octanol–water partition coefficient (Wildman–Crippen LogP) is 1.66. The topological polar surface area (TPSA) is 28.0 Å². The Morgan fingerprint density at radius 3 is 3.17 bits per heavy atom. The molecule has 2 heterocycles. The highest BCUT2D eigenvalue weighted by Crippen LogP contribution is 2.18. The minimum atomic E-state index is 0.665. The third-order valence-corrected chi connectivity index (χ3v) is 2.33. The summed E-state index contributed by atoms with van der Waals surface area (Å²) in [7, 11) is 0. The van der Waals surface area contributed by atoms with Gasteiger partial charge in [-0.05, 0) is 31.9 Å². The Balaban J connectivity index is 2.45. The Labute approximate surface area is 86.5 Å². The van der Waals surface area contributed by atoms with Crippen molar-refractivity contribution in [3.63, 3.8) is 0 Å². The van der Waals surface area contributed by atoms with E-state index in [1.54, 1.807) is 0 Å². The summed E-state index contributed by atoms with van der Waals surface area (Å²) in [5.74, 6) is 3.65. The highest BCUT2D eigenvalue weighted by molar-refractivity contribution is 9.19. The Bertz CT molecular complexity index is 370. The molecule has 0 fully saturated rings. The zero-order valence-electron chi connectivity index (χ0n) is 5.88. The van der Waals surface area contributed by atoms with E-state index in [9.17, 15) is 0 Å². The summed E-state index contributed by atoms with van der Waals surface area (Å²) in [6, 6.07) is 2.67. The molecular weight excluding hydrogens is 286 g/mol. The van der Waals surface area contributed by atoms with Crippen LogP contribution in [0.5, 0.6) is 0 Å². The summed E-state index contributed by atoms with van der Waals surface area (Å²) < 4.78 is 1.49. The predicted molar refractivity (Wildman–Crippen MR) is 55.3 cm³/mol. The molecule has 12 heavy (non-hydrogen) atoms. The summed E-state index contributed by atoms with van der Waals surface area (Å²) in [4.78, 5) is 10.1. The smallest absolute Gasteiger partial charge is 0.177 e. The van der Waals surface area contributed by atoms with E-state index >= 15 is 0 Å². The van der Waals surface area contributed by atoms with Crippen LogP contribution in [0.2, 0.25) is 0 Å². The van der Waals surface area contributed by atoms with E-state index < -0.39 is 0 Å². The molecule has 0 amide bonds. The Morgan fingerprint density at radius 2 is 2.33 bits per heavy atom. The molecule has 0 saturated carbocycles. The molecule has 2 aliphatic rings. The van der Waals surface area contributed by atoms with E-state index in [0.29, 0.717) is 11.2 Å². The van der Waals surface area contributed by atoms with E-state index in [4.69, 9.17) is 0 Å². The fourth-order valence-corrected chi connectivity index (χ4v) is 2.09. The van der Waals surface area contributed by atoms with Gasteiger partial charge in [-0.2, -0.15) is 4.99 Å². The maximum Gasteiger partial charge on any atom is 0.177 e. The van der Waals surface area contributed by atoms with Crippen molar-refractivity contribution in [1.82, 2.24) is 4.90 Å². The average Bonchev–Trinajstić information content (AvgIpc) is 2.04. The molecular formula is C7H3Br2N3. The van der Waals surface area contributed by atoms with Crippen molar-refractivity contribution in [1.29, 1.82) is 0 Å². The number of nitrogens with zero attached hydrogens (tertiary/aromatic N) is 3. The minimum absolute atomic E-state index is 0.665. The minimum Gasteiger partial charge on any atom is -0.316 e. The van der Waals surface area contributed by atoms with Gasteiger partial charge in [-0.15, -0.1) is 0 Å². The second kappa shape index (κ2) is 3.04. The molecule has 0 radical (unpaired) electrons. The van der Waals surface area contributed by atoms with Crippen LogP contribution in [-0.2, 0) is 0 Å². The molecule has 0 bridgehead atoms. The molecule has 0 aromatic rings. The molecule has 3 nitrogen and oxygen atoms in total. The van der Waals surface area contributed by atoms with Gasteiger partial charge >= 0.3 is 0 Å². The van der Waals surface area contributed by atoms with Gasteiger partial charge in [0.15, 0.2) is 10.5 Å². The summed E-state index contributed by atoms with van der Waals surface area (Å²) in [5.41, 5.74) is 0. The van der Waals surface area contributed by atoms with Crippen molar-refractivity contribution in [2.75, 3.05) is 6.54 Å².